The Balaban J connectivity index is 1.84. The number of hydrogen-bond donors (Lipinski definition) is 1. The second kappa shape index (κ2) is 9.40. The van der Waals surface area contributed by atoms with E-state index >= 15 is 0 Å². The molecular weight excluding hydrogens is 464 g/mol. The van der Waals surface area contributed by atoms with E-state index in [0.29, 0.717) is 26.8 Å². The number of rotatable bonds is 6. The van der Waals surface area contributed by atoms with Crippen molar-refractivity contribution in [2.45, 2.75) is 29.1 Å². The molecule has 3 heterocycles. The van der Waals surface area contributed by atoms with E-state index in [2.05, 4.69) is 0 Å². The Labute approximate surface area is 197 Å². The van der Waals surface area contributed by atoms with Gasteiger partial charge < -0.3 is 10.5 Å². The van der Waals surface area contributed by atoms with Crippen LogP contribution in [0.5, 0.6) is 5.75 Å². The summed E-state index contributed by atoms with van der Waals surface area (Å²) in [6, 6.07) is 8.99. The average Bonchev–Trinajstić information content (AvgIpc) is 3.17. The van der Waals surface area contributed by atoms with Crippen LogP contribution in [0.4, 0.5) is 0 Å². The van der Waals surface area contributed by atoms with E-state index in [9.17, 15) is 14.9 Å². The third kappa shape index (κ3) is 4.16. The number of nitrogens with zero attached hydrogens (tertiary/aromatic N) is 3. The number of nitrogens with two attached hydrogens (primary N) is 1. The summed E-state index contributed by atoms with van der Waals surface area (Å²) in [5, 5.41) is 10.3. The molecule has 0 atom stereocenters. The molecule has 164 valence electrons. The number of ether oxygens (including phenoxy) is 1. The second-order valence-corrected chi connectivity index (χ2v) is 10.4. The first-order valence-corrected chi connectivity index (χ1v) is 12.6. The molecule has 0 aliphatic carbocycles. The van der Waals surface area contributed by atoms with Crippen LogP contribution < -0.4 is 16.0 Å². The van der Waals surface area contributed by atoms with Crippen LogP contribution in [0.25, 0.3) is 15.9 Å². The number of aromatic nitrogens is 2. The normalized spacial score (nSPS) is 13.9. The van der Waals surface area contributed by atoms with Crippen molar-refractivity contribution in [2.24, 2.45) is 5.73 Å². The summed E-state index contributed by atoms with van der Waals surface area (Å²) in [7, 11) is 1.58. The third-order valence-corrected chi connectivity index (χ3v) is 8.47. The first-order chi connectivity index (χ1) is 15.4. The summed E-state index contributed by atoms with van der Waals surface area (Å²) in [5.41, 5.74) is 7.33. The molecule has 0 saturated carbocycles. The summed E-state index contributed by atoms with van der Waals surface area (Å²) in [5.74, 6) is 1.26. The highest BCUT2D eigenvalue weighted by Crippen LogP contribution is 2.41. The van der Waals surface area contributed by atoms with Gasteiger partial charge in [-0.15, -0.1) is 23.1 Å². The Hall–Kier alpha value is -2.74. The van der Waals surface area contributed by atoms with Crippen molar-refractivity contribution in [1.29, 1.82) is 5.26 Å². The standard InChI is InChI=1S/C22H20N4O3S3/c1-12(24)16(10-23)17(27)11-31-22-25-19-18(15-4-3-9-30-21(15)32-19)20(28)26(22)13-5-7-14(29-2)8-6-13/h5-8H,3-4,9,11,24H2,1-2H3/b16-12-. The minimum Gasteiger partial charge on any atom is -0.497 e. The fraction of sp³-hybridized carbons (Fsp3) is 0.273. The first kappa shape index (κ1) is 22.5. The minimum atomic E-state index is -0.394. The number of thiophene rings is 1. The number of carbonyl (C=O) groups excluding carboxylic acids is 1. The van der Waals surface area contributed by atoms with Crippen molar-refractivity contribution in [3.05, 3.63) is 51.5 Å². The van der Waals surface area contributed by atoms with Crippen molar-refractivity contribution in [3.8, 4) is 17.5 Å². The molecular formula is C22H20N4O3S3. The molecule has 0 fully saturated rings. The second-order valence-electron chi connectivity index (χ2n) is 7.11. The van der Waals surface area contributed by atoms with E-state index in [1.807, 2.05) is 6.07 Å². The molecule has 2 N–H and O–H groups in total. The first-order valence-electron chi connectivity index (χ1n) is 9.82. The quantitative estimate of drug-likeness (QED) is 0.243. The lowest BCUT2D eigenvalue weighted by molar-refractivity contribution is -0.112. The van der Waals surface area contributed by atoms with E-state index in [1.54, 1.807) is 43.1 Å². The molecule has 3 aromatic rings. The molecule has 0 saturated heterocycles. The lowest BCUT2D eigenvalue weighted by Gasteiger charge is -2.13. The van der Waals surface area contributed by atoms with Gasteiger partial charge in [-0.2, -0.15) is 5.26 Å². The monoisotopic (exact) mass is 484 g/mol. The van der Waals surface area contributed by atoms with Crippen molar-refractivity contribution in [2.75, 3.05) is 18.6 Å². The van der Waals surface area contributed by atoms with Crippen molar-refractivity contribution in [3.63, 3.8) is 0 Å². The predicted octanol–water partition coefficient (Wildman–Crippen LogP) is 3.91. The van der Waals surface area contributed by atoms with Gasteiger partial charge in [0.15, 0.2) is 10.9 Å². The van der Waals surface area contributed by atoms with E-state index in [4.69, 9.17) is 15.5 Å². The molecule has 32 heavy (non-hydrogen) atoms. The number of carbonyl (C=O) groups is 1. The number of hydrogen-bond acceptors (Lipinski definition) is 9. The van der Waals surface area contributed by atoms with Crippen LogP contribution in [0.1, 0.15) is 18.9 Å². The van der Waals surface area contributed by atoms with Gasteiger partial charge in [0.05, 0.1) is 28.1 Å². The Morgan fingerprint density at radius 2 is 2.12 bits per heavy atom. The zero-order valence-electron chi connectivity index (χ0n) is 17.5. The zero-order valence-corrected chi connectivity index (χ0v) is 20.0. The highest BCUT2D eigenvalue weighted by atomic mass is 32.2. The summed E-state index contributed by atoms with van der Waals surface area (Å²) in [6.45, 7) is 1.52. The van der Waals surface area contributed by atoms with Crippen LogP contribution in [0, 0.1) is 11.3 Å². The summed E-state index contributed by atoms with van der Waals surface area (Å²) in [6.07, 6.45) is 1.89. The average molecular weight is 485 g/mol. The molecule has 0 radical (unpaired) electrons. The van der Waals surface area contributed by atoms with Gasteiger partial charge in [-0.3, -0.25) is 14.2 Å². The maximum absolute atomic E-state index is 13.7. The molecule has 1 aliphatic heterocycles. The number of aryl methyl sites for hydroxylation is 1. The van der Waals surface area contributed by atoms with Crippen LogP contribution in [0.2, 0.25) is 0 Å². The van der Waals surface area contributed by atoms with Gasteiger partial charge in [-0.1, -0.05) is 11.8 Å². The molecule has 0 unspecified atom stereocenters. The van der Waals surface area contributed by atoms with Gasteiger partial charge >= 0.3 is 0 Å². The SMILES string of the molecule is COc1ccc(-n2c(SCC(=O)/C(C#N)=C(/C)N)nc3sc4c(c3c2=O)CCCS4)cc1. The molecule has 0 spiro atoms. The van der Waals surface area contributed by atoms with Gasteiger partial charge in [-0.05, 0) is 55.3 Å². The van der Waals surface area contributed by atoms with Gasteiger partial charge in [0.25, 0.3) is 5.56 Å². The highest BCUT2D eigenvalue weighted by molar-refractivity contribution is 8.01. The van der Waals surface area contributed by atoms with Crippen molar-refractivity contribution < 1.29 is 9.53 Å². The molecule has 0 amide bonds. The van der Waals surface area contributed by atoms with Crippen LogP contribution in [-0.2, 0) is 11.2 Å². The zero-order chi connectivity index (χ0) is 22.8. The summed E-state index contributed by atoms with van der Waals surface area (Å²) >= 11 is 4.41. The van der Waals surface area contributed by atoms with Crippen LogP contribution in [0.3, 0.4) is 0 Å². The Morgan fingerprint density at radius 1 is 1.38 bits per heavy atom. The van der Waals surface area contributed by atoms with Gasteiger partial charge in [0, 0.05) is 5.70 Å². The Kier molecular flexibility index (Phi) is 6.60. The van der Waals surface area contributed by atoms with Gasteiger partial charge in [0.1, 0.15) is 22.2 Å². The lowest BCUT2D eigenvalue weighted by atomic mass is 10.1. The molecule has 1 aliphatic rings. The maximum atomic E-state index is 13.7. The van der Waals surface area contributed by atoms with Crippen molar-refractivity contribution >= 4 is 50.9 Å². The highest BCUT2D eigenvalue weighted by Gasteiger charge is 2.24. The largest absolute Gasteiger partial charge is 0.497 e. The Morgan fingerprint density at radius 3 is 2.78 bits per heavy atom. The fourth-order valence-corrected chi connectivity index (χ4v) is 6.91. The Bertz CT molecular complexity index is 1330. The maximum Gasteiger partial charge on any atom is 0.267 e. The van der Waals surface area contributed by atoms with E-state index in [0.717, 1.165) is 40.1 Å². The summed E-state index contributed by atoms with van der Waals surface area (Å²) in [4.78, 5) is 31.7. The summed E-state index contributed by atoms with van der Waals surface area (Å²) < 4.78 is 7.92. The predicted molar refractivity (Wildman–Crippen MR) is 129 cm³/mol. The van der Waals surface area contributed by atoms with Crippen molar-refractivity contribution in [1.82, 2.24) is 9.55 Å². The van der Waals surface area contributed by atoms with Crippen LogP contribution in [-0.4, -0.2) is 33.9 Å². The number of allylic oxidation sites excluding steroid dienone is 2. The number of fused-ring (bicyclic) bond motifs is 3. The van der Waals surface area contributed by atoms with Gasteiger partial charge in [-0.25, -0.2) is 4.98 Å². The fourth-order valence-electron chi connectivity index (χ4n) is 3.45. The molecule has 7 nitrogen and oxygen atoms in total. The van der Waals surface area contributed by atoms with E-state index < -0.39 is 5.78 Å². The number of nitriles is 1. The van der Waals surface area contributed by atoms with E-state index in [-0.39, 0.29) is 22.6 Å². The minimum absolute atomic E-state index is 0.0502. The molecule has 4 rings (SSSR count). The van der Waals surface area contributed by atoms with Crippen LogP contribution in [0.15, 0.2) is 49.7 Å². The number of thioether (sulfide) groups is 2. The molecule has 10 heteroatoms. The van der Waals surface area contributed by atoms with Crippen LogP contribution >= 0.6 is 34.9 Å². The lowest BCUT2D eigenvalue weighted by Crippen LogP contribution is -2.22. The number of benzene rings is 1. The molecule has 1 aromatic carbocycles. The smallest absolute Gasteiger partial charge is 0.267 e. The molecule has 0 bridgehead atoms. The van der Waals surface area contributed by atoms with Gasteiger partial charge in [0.2, 0.25) is 0 Å². The number of ketones is 1. The third-order valence-electron chi connectivity index (χ3n) is 5.01. The number of Topliss-reactive ketones (excluding diaryl/α,β-unsaturated/α-hetero) is 1. The van der Waals surface area contributed by atoms with E-state index in [1.165, 1.54) is 22.8 Å². The molecule has 2 aromatic heterocycles. The number of methoxy groups -OCH3 is 1. The topological polar surface area (TPSA) is 111 Å².